The van der Waals surface area contributed by atoms with E-state index in [-0.39, 0.29) is 6.73 Å². The topological polar surface area (TPSA) is 71.5 Å². The van der Waals surface area contributed by atoms with E-state index < -0.39 is 11.4 Å². The van der Waals surface area contributed by atoms with Gasteiger partial charge in [-0.25, -0.2) is 4.18 Å². The van der Waals surface area contributed by atoms with E-state index in [9.17, 15) is 4.21 Å². The van der Waals surface area contributed by atoms with Crippen LogP contribution in [0.2, 0.25) is 0 Å². The van der Waals surface area contributed by atoms with Gasteiger partial charge in [0, 0.05) is 6.20 Å². The van der Waals surface area contributed by atoms with Crippen LogP contribution in [0.1, 0.15) is 5.69 Å². The molecule has 0 aliphatic carbocycles. The van der Waals surface area contributed by atoms with Crippen molar-refractivity contribution in [3.63, 3.8) is 0 Å². The Morgan fingerprint density at radius 2 is 2.54 bits per heavy atom. The van der Waals surface area contributed by atoms with Crippen molar-refractivity contribution in [3.8, 4) is 0 Å². The average molecular weight is 202 g/mol. The van der Waals surface area contributed by atoms with Crippen LogP contribution in [0.5, 0.6) is 0 Å². The summed E-state index contributed by atoms with van der Waals surface area (Å²) in [6.07, 6.45) is 1.67. The number of pyridine rings is 1. The van der Waals surface area contributed by atoms with Crippen LogP contribution in [0.25, 0.3) is 0 Å². The summed E-state index contributed by atoms with van der Waals surface area (Å²) in [6.45, 7) is 1.81. The summed E-state index contributed by atoms with van der Waals surface area (Å²) < 4.78 is 22.8. The van der Waals surface area contributed by atoms with Crippen molar-refractivity contribution >= 4 is 17.0 Å². The highest BCUT2D eigenvalue weighted by molar-refractivity contribution is 7.74. The quantitative estimate of drug-likeness (QED) is 0.561. The molecule has 13 heavy (non-hydrogen) atoms. The molecule has 2 N–H and O–H groups in total. The molecule has 0 saturated heterocycles. The first kappa shape index (κ1) is 10.1. The van der Waals surface area contributed by atoms with E-state index in [0.717, 1.165) is 11.4 Å². The van der Waals surface area contributed by atoms with E-state index >= 15 is 0 Å². The third-order valence-electron chi connectivity index (χ3n) is 1.43. The van der Waals surface area contributed by atoms with Gasteiger partial charge in [-0.3, -0.25) is 9.54 Å². The molecule has 0 saturated carbocycles. The average Bonchev–Trinajstić information content (AvgIpc) is 2.08. The Bertz CT molecular complexity index is 306. The lowest BCUT2D eigenvalue weighted by Crippen LogP contribution is -2.08. The number of hydrogen-bond donors (Lipinski definition) is 2. The van der Waals surface area contributed by atoms with E-state index in [1.54, 1.807) is 12.3 Å². The van der Waals surface area contributed by atoms with Gasteiger partial charge in [0.25, 0.3) is 0 Å². The highest BCUT2D eigenvalue weighted by Crippen LogP contribution is 2.09. The SMILES string of the molecule is Cc1ncccc1NCOS(=O)O. The third kappa shape index (κ3) is 3.49. The predicted octanol–water partition coefficient (Wildman–Crippen LogP) is 0.913. The molecule has 1 heterocycles. The second-order valence-electron chi connectivity index (χ2n) is 2.29. The minimum Gasteiger partial charge on any atom is -0.360 e. The number of aromatic nitrogens is 1. The maximum atomic E-state index is 10.1. The summed E-state index contributed by atoms with van der Waals surface area (Å²) in [5.41, 5.74) is 1.60. The standard InChI is InChI=1S/C7H10N2O3S/c1-6-7(3-2-4-8-6)9-5-12-13(10)11/h2-4,9H,5H2,1H3,(H,10,11). The van der Waals surface area contributed by atoms with Crippen molar-refractivity contribution in [3.05, 3.63) is 24.0 Å². The molecule has 1 rings (SSSR count). The maximum Gasteiger partial charge on any atom is 0.303 e. The fraction of sp³-hybridized carbons (Fsp3) is 0.286. The molecule has 1 aromatic heterocycles. The van der Waals surface area contributed by atoms with E-state index in [4.69, 9.17) is 4.55 Å². The lowest BCUT2D eigenvalue weighted by Gasteiger charge is -2.06. The van der Waals surface area contributed by atoms with E-state index in [2.05, 4.69) is 14.5 Å². The van der Waals surface area contributed by atoms with Crippen molar-refractivity contribution in [2.45, 2.75) is 6.92 Å². The van der Waals surface area contributed by atoms with Gasteiger partial charge in [0.15, 0.2) is 0 Å². The van der Waals surface area contributed by atoms with Gasteiger partial charge in [-0.15, -0.1) is 0 Å². The van der Waals surface area contributed by atoms with Crippen molar-refractivity contribution in [1.82, 2.24) is 4.98 Å². The molecule has 0 bridgehead atoms. The van der Waals surface area contributed by atoms with Crippen LogP contribution in [0.4, 0.5) is 5.69 Å². The van der Waals surface area contributed by atoms with Crippen LogP contribution >= 0.6 is 0 Å². The number of rotatable bonds is 4. The predicted molar refractivity (Wildman–Crippen MR) is 49.3 cm³/mol. The molecule has 0 fully saturated rings. The van der Waals surface area contributed by atoms with Gasteiger partial charge in [-0.05, 0) is 19.1 Å². The number of hydrogen-bond acceptors (Lipinski definition) is 4. The Morgan fingerprint density at radius 3 is 3.15 bits per heavy atom. The first-order valence-electron chi connectivity index (χ1n) is 3.60. The monoisotopic (exact) mass is 202 g/mol. The minimum atomic E-state index is -2.23. The van der Waals surface area contributed by atoms with Crippen molar-refractivity contribution in [1.29, 1.82) is 0 Å². The largest absolute Gasteiger partial charge is 0.360 e. The lowest BCUT2D eigenvalue weighted by molar-refractivity contribution is 0.330. The van der Waals surface area contributed by atoms with E-state index in [1.165, 1.54) is 0 Å². The first-order chi connectivity index (χ1) is 6.20. The van der Waals surface area contributed by atoms with Crippen LogP contribution in [0.3, 0.4) is 0 Å². The molecular formula is C7H10N2O3S. The number of anilines is 1. The van der Waals surface area contributed by atoms with Crippen molar-refractivity contribution in [2.75, 3.05) is 12.0 Å². The molecule has 0 aliphatic rings. The summed E-state index contributed by atoms with van der Waals surface area (Å²) >= 11 is -2.23. The molecule has 72 valence electrons. The van der Waals surface area contributed by atoms with Gasteiger partial charge >= 0.3 is 11.4 Å². The molecule has 0 aromatic carbocycles. The van der Waals surface area contributed by atoms with Gasteiger partial charge < -0.3 is 5.32 Å². The van der Waals surface area contributed by atoms with Gasteiger partial charge in [-0.1, -0.05) is 0 Å². The first-order valence-corrected chi connectivity index (χ1v) is 4.63. The number of nitrogens with zero attached hydrogens (tertiary/aromatic N) is 1. The second-order valence-corrected chi connectivity index (χ2v) is 2.96. The van der Waals surface area contributed by atoms with Crippen LogP contribution in [-0.2, 0) is 15.5 Å². The summed E-state index contributed by atoms with van der Waals surface area (Å²) in [7, 11) is 0. The Labute approximate surface area is 78.6 Å². The molecule has 1 aromatic rings. The number of nitrogens with one attached hydrogen (secondary N) is 1. The Hall–Kier alpha value is -0.980. The highest BCUT2D eigenvalue weighted by atomic mass is 32.2. The minimum absolute atomic E-state index is 0.0182. The lowest BCUT2D eigenvalue weighted by atomic mass is 10.3. The molecule has 6 heteroatoms. The second kappa shape index (κ2) is 4.90. The Balaban J connectivity index is 2.45. The van der Waals surface area contributed by atoms with Gasteiger partial charge in [0.1, 0.15) is 6.73 Å². The molecule has 0 spiro atoms. The molecule has 1 atom stereocenters. The summed E-state index contributed by atoms with van der Waals surface area (Å²) in [5.74, 6) is 0. The van der Waals surface area contributed by atoms with Gasteiger partial charge in [0.05, 0.1) is 11.4 Å². The van der Waals surface area contributed by atoms with Gasteiger partial charge in [-0.2, -0.15) is 4.21 Å². The Morgan fingerprint density at radius 1 is 1.77 bits per heavy atom. The molecule has 0 radical (unpaired) electrons. The zero-order chi connectivity index (χ0) is 9.68. The van der Waals surface area contributed by atoms with Gasteiger partial charge in [0.2, 0.25) is 0 Å². The fourth-order valence-corrected chi connectivity index (χ4v) is 0.988. The fourth-order valence-electron chi connectivity index (χ4n) is 0.829. The summed E-state index contributed by atoms with van der Waals surface area (Å²) in [4.78, 5) is 4.02. The Kier molecular flexibility index (Phi) is 3.81. The highest BCUT2D eigenvalue weighted by Gasteiger charge is 1.97. The maximum absolute atomic E-state index is 10.1. The van der Waals surface area contributed by atoms with Crippen LogP contribution < -0.4 is 5.32 Å². The van der Waals surface area contributed by atoms with Crippen LogP contribution in [-0.4, -0.2) is 20.5 Å². The normalized spacial score (nSPS) is 12.5. The zero-order valence-electron chi connectivity index (χ0n) is 7.06. The van der Waals surface area contributed by atoms with E-state index in [0.29, 0.717) is 0 Å². The molecule has 1 unspecified atom stereocenters. The number of aryl methyl sites for hydroxylation is 1. The smallest absolute Gasteiger partial charge is 0.303 e. The van der Waals surface area contributed by atoms with Crippen molar-refractivity contribution < 1.29 is 12.9 Å². The molecule has 0 aliphatic heterocycles. The van der Waals surface area contributed by atoms with Crippen LogP contribution in [0, 0.1) is 6.92 Å². The summed E-state index contributed by atoms with van der Waals surface area (Å²) in [6, 6.07) is 3.58. The molecule has 5 nitrogen and oxygen atoms in total. The molecular weight excluding hydrogens is 192 g/mol. The van der Waals surface area contributed by atoms with E-state index in [1.807, 2.05) is 13.0 Å². The zero-order valence-corrected chi connectivity index (χ0v) is 7.87. The van der Waals surface area contributed by atoms with Crippen LogP contribution in [0.15, 0.2) is 18.3 Å². The molecule has 0 amide bonds. The summed E-state index contributed by atoms with van der Waals surface area (Å²) in [5, 5.41) is 2.81. The van der Waals surface area contributed by atoms with Crippen molar-refractivity contribution in [2.24, 2.45) is 0 Å². The third-order valence-corrected chi connectivity index (χ3v) is 1.75.